The lowest BCUT2D eigenvalue weighted by molar-refractivity contribution is -0.384. The molecule has 0 saturated heterocycles. The van der Waals surface area contributed by atoms with Crippen molar-refractivity contribution in [2.45, 2.75) is 0 Å². The standard InChI is InChI=1S/C19H10N4O3S2/c20-9-11-1-3-12(4-2-11)15-10-27-19(21-15)22-18(24)17-8-13-7-14(23(25)26)5-6-16(13)28-17/h1-8,10H,(H,21,22,24). The molecule has 1 N–H and O–H groups in total. The van der Waals surface area contributed by atoms with Crippen LogP contribution in [0.15, 0.2) is 53.9 Å². The third kappa shape index (κ3) is 3.46. The third-order valence-electron chi connectivity index (χ3n) is 3.97. The van der Waals surface area contributed by atoms with Gasteiger partial charge in [0, 0.05) is 33.2 Å². The lowest BCUT2D eigenvalue weighted by Crippen LogP contribution is -2.09. The average Bonchev–Trinajstić information content (AvgIpc) is 3.34. The maximum Gasteiger partial charge on any atom is 0.270 e. The molecule has 0 aliphatic rings. The lowest BCUT2D eigenvalue weighted by atomic mass is 10.1. The number of carbonyl (C=O) groups is 1. The topological polar surface area (TPSA) is 109 Å². The SMILES string of the molecule is N#Cc1ccc(-c2csc(NC(=O)c3cc4cc([N+](=O)[O-])ccc4s3)n2)cc1. The Morgan fingerprint density at radius 1 is 1.18 bits per heavy atom. The number of nitro benzene ring substituents is 1. The molecule has 0 saturated carbocycles. The van der Waals surface area contributed by atoms with Gasteiger partial charge in [0.05, 0.1) is 27.1 Å². The molecule has 0 radical (unpaired) electrons. The van der Waals surface area contributed by atoms with Crippen LogP contribution >= 0.6 is 22.7 Å². The Kier molecular flexibility index (Phi) is 4.57. The van der Waals surface area contributed by atoms with E-state index < -0.39 is 4.92 Å². The van der Waals surface area contributed by atoms with E-state index in [2.05, 4.69) is 16.4 Å². The number of nitro groups is 1. The van der Waals surface area contributed by atoms with E-state index in [1.165, 1.54) is 34.8 Å². The summed E-state index contributed by atoms with van der Waals surface area (Å²) >= 11 is 2.56. The van der Waals surface area contributed by atoms with Crippen molar-refractivity contribution >= 4 is 49.5 Å². The normalized spacial score (nSPS) is 10.5. The molecule has 2 aromatic carbocycles. The summed E-state index contributed by atoms with van der Waals surface area (Å²) in [5.74, 6) is -0.315. The van der Waals surface area contributed by atoms with Crippen LogP contribution in [0.25, 0.3) is 21.3 Å². The van der Waals surface area contributed by atoms with Crippen molar-refractivity contribution in [1.29, 1.82) is 5.26 Å². The third-order valence-corrected chi connectivity index (χ3v) is 5.84. The van der Waals surface area contributed by atoms with Crippen molar-refractivity contribution < 1.29 is 9.72 Å². The molecular weight excluding hydrogens is 396 g/mol. The molecule has 136 valence electrons. The lowest BCUT2D eigenvalue weighted by Gasteiger charge is -1.98. The van der Waals surface area contributed by atoms with Crippen LogP contribution in [0.2, 0.25) is 0 Å². The molecule has 0 spiro atoms. The number of benzene rings is 2. The van der Waals surface area contributed by atoms with Gasteiger partial charge in [-0.1, -0.05) is 12.1 Å². The first kappa shape index (κ1) is 17.8. The molecule has 2 heterocycles. The molecule has 0 fully saturated rings. The Morgan fingerprint density at radius 3 is 2.68 bits per heavy atom. The predicted molar refractivity (Wildman–Crippen MR) is 109 cm³/mol. The molecule has 9 heteroatoms. The Bertz CT molecular complexity index is 1250. The van der Waals surface area contributed by atoms with Crippen LogP contribution < -0.4 is 5.32 Å². The van der Waals surface area contributed by atoms with E-state index in [0.29, 0.717) is 26.7 Å². The highest BCUT2D eigenvalue weighted by atomic mass is 32.1. The number of carbonyl (C=O) groups excluding carboxylic acids is 1. The van der Waals surface area contributed by atoms with E-state index in [0.717, 1.165) is 10.3 Å². The molecule has 7 nitrogen and oxygen atoms in total. The number of aromatic nitrogens is 1. The monoisotopic (exact) mass is 406 g/mol. The second-order valence-corrected chi connectivity index (χ2v) is 7.71. The minimum absolute atomic E-state index is 0.00996. The number of amides is 1. The number of hydrogen-bond donors (Lipinski definition) is 1. The van der Waals surface area contributed by atoms with Gasteiger partial charge in [-0.3, -0.25) is 20.2 Å². The summed E-state index contributed by atoms with van der Waals surface area (Å²) < 4.78 is 0.799. The number of rotatable bonds is 4. The van der Waals surface area contributed by atoms with Crippen LogP contribution in [0.4, 0.5) is 10.8 Å². The summed E-state index contributed by atoms with van der Waals surface area (Å²) in [4.78, 5) is 27.8. The fourth-order valence-corrected chi connectivity index (χ4v) is 4.25. The Balaban J connectivity index is 1.53. The van der Waals surface area contributed by atoms with Gasteiger partial charge < -0.3 is 0 Å². The fourth-order valence-electron chi connectivity index (χ4n) is 2.59. The Morgan fingerprint density at radius 2 is 1.96 bits per heavy atom. The summed E-state index contributed by atoms with van der Waals surface area (Å²) in [7, 11) is 0. The average molecular weight is 406 g/mol. The zero-order valence-electron chi connectivity index (χ0n) is 14.1. The van der Waals surface area contributed by atoms with E-state index >= 15 is 0 Å². The van der Waals surface area contributed by atoms with Gasteiger partial charge in [0.25, 0.3) is 11.6 Å². The number of anilines is 1. The summed E-state index contributed by atoms with van der Waals surface area (Å²) in [6, 6.07) is 15.2. The van der Waals surface area contributed by atoms with Crippen LogP contribution in [-0.2, 0) is 0 Å². The van der Waals surface area contributed by atoms with Gasteiger partial charge in [-0.25, -0.2) is 4.98 Å². The molecule has 28 heavy (non-hydrogen) atoms. The summed E-state index contributed by atoms with van der Waals surface area (Å²) in [6.07, 6.45) is 0. The van der Waals surface area contributed by atoms with Gasteiger partial charge in [0.15, 0.2) is 5.13 Å². The highest BCUT2D eigenvalue weighted by Gasteiger charge is 2.15. The van der Waals surface area contributed by atoms with Gasteiger partial charge in [-0.2, -0.15) is 5.26 Å². The van der Waals surface area contributed by atoms with Gasteiger partial charge in [-0.05, 0) is 24.3 Å². The van der Waals surface area contributed by atoms with E-state index in [9.17, 15) is 14.9 Å². The van der Waals surface area contributed by atoms with Crippen molar-refractivity contribution in [2.75, 3.05) is 5.32 Å². The van der Waals surface area contributed by atoms with Crippen LogP contribution in [0.1, 0.15) is 15.2 Å². The molecule has 4 rings (SSSR count). The first-order chi connectivity index (χ1) is 13.5. The van der Waals surface area contributed by atoms with E-state index in [1.54, 1.807) is 36.4 Å². The fraction of sp³-hybridized carbons (Fsp3) is 0. The minimum Gasteiger partial charge on any atom is -0.297 e. The smallest absolute Gasteiger partial charge is 0.270 e. The zero-order chi connectivity index (χ0) is 19.7. The summed E-state index contributed by atoms with van der Waals surface area (Å²) in [5.41, 5.74) is 2.11. The van der Waals surface area contributed by atoms with Gasteiger partial charge in [0.1, 0.15) is 0 Å². The van der Waals surface area contributed by atoms with Crippen LogP contribution in [-0.4, -0.2) is 15.8 Å². The van der Waals surface area contributed by atoms with Gasteiger partial charge >= 0.3 is 0 Å². The maximum atomic E-state index is 12.5. The number of nitrogens with zero attached hydrogens (tertiary/aromatic N) is 3. The van der Waals surface area contributed by atoms with Crippen LogP contribution in [0.3, 0.4) is 0 Å². The molecule has 0 bridgehead atoms. The van der Waals surface area contributed by atoms with Crippen molar-refractivity contribution in [3.8, 4) is 17.3 Å². The molecule has 4 aromatic rings. The second-order valence-electron chi connectivity index (χ2n) is 5.77. The molecule has 2 aromatic heterocycles. The molecule has 0 aliphatic carbocycles. The quantitative estimate of drug-likeness (QED) is 0.376. The van der Waals surface area contributed by atoms with E-state index in [-0.39, 0.29) is 11.6 Å². The summed E-state index contributed by atoms with van der Waals surface area (Å²) in [5, 5.41) is 25.4. The number of nitrogens with one attached hydrogen (secondary N) is 1. The molecule has 0 unspecified atom stereocenters. The highest BCUT2D eigenvalue weighted by molar-refractivity contribution is 7.21. The van der Waals surface area contributed by atoms with Crippen molar-refractivity contribution in [2.24, 2.45) is 0 Å². The summed E-state index contributed by atoms with van der Waals surface area (Å²) in [6.45, 7) is 0. The minimum atomic E-state index is -0.461. The number of non-ortho nitro benzene ring substituents is 1. The molecule has 0 aliphatic heterocycles. The van der Waals surface area contributed by atoms with Gasteiger partial charge in [-0.15, -0.1) is 22.7 Å². The van der Waals surface area contributed by atoms with Crippen LogP contribution in [0.5, 0.6) is 0 Å². The number of fused-ring (bicyclic) bond motifs is 1. The Hall–Kier alpha value is -3.61. The first-order valence-electron chi connectivity index (χ1n) is 7.99. The first-order valence-corrected chi connectivity index (χ1v) is 9.68. The number of thiazole rings is 1. The Labute approximate surface area is 166 Å². The molecule has 1 amide bonds. The van der Waals surface area contributed by atoms with E-state index in [4.69, 9.17) is 5.26 Å². The molecular formula is C19H10N4O3S2. The second kappa shape index (κ2) is 7.19. The largest absolute Gasteiger partial charge is 0.297 e. The number of nitriles is 1. The number of hydrogen-bond acceptors (Lipinski definition) is 7. The van der Waals surface area contributed by atoms with Crippen molar-refractivity contribution in [3.63, 3.8) is 0 Å². The van der Waals surface area contributed by atoms with Crippen molar-refractivity contribution in [1.82, 2.24) is 4.98 Å². The maximum absolute atomic E-state index is 12.5. The van der Waals surface area contributed by atoms with Gasteiger partial charge in [0.2, 0.25) is 0 Å². The van der Waals surface area contributed by atoms with Crippen LogP contribution in [0, 0.1) is 21.4 Å². The van der Waals surface area contributed by atoms with Crippen molar-refractivity contribution in [3.05, 3.63) is 74.5 Å². The zero-order valence-corrected chi connectivity index (χ0v) is 15.7. The predicted octanol–water partition coefficient (Wildman–Crippen LogP) is 5.06. The van der Waals surface area contributed by atoms with E-state index in [1.807, 2.05) is 5.38 Å². The highest BCUT2D eigenvalue weighted by Crippen LogP contribution is 2.30. The number of thiophene rings is 1. The molecule has 0 atom stereocenters.